The Bertz CT molecular complexity index is 1180. The maximum atomic E-state index is 12.8. The third kappa shape index (κ3) is 5.46. The van der Waals surface area contributed by atoms with Gasteiger partial charge in [-0.15, -0.1) is 11.3 Å². The highest BCUT2D eigenvalue weighted by Gasteiger charge is 2.31. The Hall–Kier alpha value is -3.10. The van der Waals surface area contributed by atoms with Crippen LogP contribution < -0.4 is 20.1 Å². The lowest BCUT2D eigenvalue weighted by molar-refractivity contribution is -0.128. The number of benzene rings is 2. The van der Waals surface area contributed by atoms with Crippen LogP contribution in [0.1, 0.15) is 38.8 Å². The largest absolute Gasteiger partial charge is 0.493 e. The normalized spacial score (nSPS) is 15.2. The molecule has 2 heterocycles. The second-order valence-electron chi connectivity index (χ2n) is 8.20. The first-order valence-corrected chi connectivity index (χ1v) is 11.7. The number of anilines is 1. The summed E-state index contributed by atoms with van der Waals surface area (Å²) in [6, 6.07) is 12.5. The molecule has 1 aliphatic rings. The van der Waals surface area contributed by atoms with Gasteiger partial charge in [0.1, 0.15) is 11.5 Å². The number of thiazole rings is 1. The molecule has 1 aromatic heterocycles. The van der Waals surface area contributed by atoms with E-state index >= 15 is 0 Å². The summed E-state index contributed by atoms with van der Waals surface area (Å²) in [7, 11) is 0. The van der Waals surface area contributed by atoms with Crippen molar-refractivity contribution in [1.29, 1.82) is 0 Å². The van der Waals surface area contributed by atoms with E-state index in [1.165, 1.54) is 18.3 Å². The lowest BCUT2D eigenvalue weighted by Gasteiger charge is -2.26. The van der Waals surface area contributed by atoms with E-state index in [1.807, 2.05) is 23.6 Å². The van der Waals surface area contributed by atoms with Crippen molar-refractivity contribution in [2.45, 2.75) is 38.8 Å². The van der Waals surface area contributed by atoms with Crippen LogP contribution in [-0.2, 0) is 9.59 Å². The zero-order chi connectivity index (χ0) is 23.6. The topological polar surface area (TPSA) is 89.6 Å². The second kappa shape index (κ2) is 9.41. The Kier molecular flexibility index (Phi) is 6.58. The van der Waals surface area contributed by atoms with Gasteiger partial charge < -0.3 is 14.8 Å². The van der Waals surface area contributed by atoms with Crippen molar-refractivity contribution in [2.75, 3.05) is 11.9 Å². The van der Waals surface area contributed by atoms with E-state index in [-0.39, 0.29) is 17.9 Å². The van der Waals surface area contributed by atoms with Crippen LogP contribution in [0.25, 0.3) is 11.3 Å². The molecule has 0 saturated heterocycles. The standard InChI is InChI=1S/C24H24ClN3O4S/c1-14(29)26-19-10-11-31-21-9-4-15(12-18(19)21)20-13-33-23(27-20)28-22(30)24(2,3)32-17-7-5-16(25)6-8-17/h4-9,12-13,19H,10-11H2,1-3H3,(H,26,29)(H,27,28,30). The zero-order valence-corrected chi connectivity index (χ0v) is 20.0. The molecule has 7 nitrogen and oxygen atoms in total. The van der Waals surface area contributed by atoms with Gasteiger partial charge in [-0.25, -0.2) is 4.98 Å². The van der Waals surface area contributed by atoms with E-state index in [1.54, 1.807) is 38.1 Å². The van der Waals surface area contributed by atoms with Gasteiger partial charge in [0.2, 0.25) is 5.91 Å². The van der Waals surface area contributed by atoms with Crippen LogP contribution in [0.3, 0.4) is 0 Å². The fraction of sp³-hybridized carbons (Fsp3) is 0.292. The van der Waals surface area contributed by atoms with E-state index in [9.17, 15) is 9.59 Å². The van der Waals surface area contributed by atoms with Crippen LogP contribution >= 0.6 is 22.9 Å². The summed E-state index contributed by atoms with van der Waals surface area (Å²) in [5.41, 5.74) is 1.41. The predicted octanol–water partition coefficient (Wildman–Crippen LogP) is 5.22. The molecule has 2 amide bonds. The number of carbonyl (C=O) groups is 2. The summed E-state index contributed by atoms with van der Waals surface area (Å²) < 4.78 is 11.6. The van der Waals surface area contributed by atoms with Crippen LogP contribution in [0.15, 0.2) is 47.8 Å². The van der Waals surface area contributed by atoms with Gasteiger partial charge in [-0.1, -0.05) is 11.6 Å². The molecule has 0 aliphatic carbocycles. The highest BCUT2D eigenvalue weighted by molar-refractivity contribution is 7.14. The van der Waals surface area contributed by atoms with E-state index in [4.69, 9.17) is 21.1 Å². The number of nitrogens with one attached hydrogen (secondary N) is 2. The molecule has 0 bridgehead atoms. The quantitative estimate of drug-likeness (QED) is 0.499. The van der Waals surface area contributed by atoms with Gasteiger partial charge in [0.15, 0.2) is 10.7 Å². The predicted molar refractivity (Wildman–Crippen MR) is 129 cm³/mol. The molecule has 4 rings (SSSR count). The lowest BCUT2D eigenvalue weighted by atomic mass is 9.97. The number of fused-ring (bicyclic) bond motifs is 1. The molecule has 0 spiro atoms. The number of rotatable bonds is 6. The third-order valence-corrected chi connectivity index (χ3v) is 6.19. The smallest absolute Gasteiger partial charge is 0.269 e. The Morgan fingerprint density at radius 1 is 1.21 bits per heavy atom. The molecule has 2 aromatic carbocycles. The lowest BCUT2D eigenvalue weighted by Crippen LogP contribution is -2.42. The minimum atomic E-state index is -1.12. The van der Waals surface area contributed by atoms with Crippen LogP contribution in [0.5, 0.6) is 11.5 Å². The number of hydrogen-bond donors (Lipinski definition) is 2. The number of ether oxygens (including phenoxy) is 2. The van der Waals surface area contributed by atoms with Crippen molar-refractivity contribution < 1.29 is 19.1 Å². The fourth-order valence-electron chi connectivity index (χ4n) is 3.50. The van der Waals surface area contributed by atoms with Crippen LogP contribution in [0.4, 0.5) is 5.13 Å². The number of nitrogens with zero attached hydrogens (tertiary/aromatic N) is 1. The number of amides is 2. The van der Waals surface area contributed by atoms with Gasteiger partial charge in [0.25, 0.3) is 5.91 Å². The minimum Gasteiger partial charge on any atom is -0.493 e. The number of carbonyl (C=O) groups excluding carboxylic acids is 2. The molecule has 1 atom stereocenters. The van der Waals surface area contributed by atoms with Crippen LogP contribution in [0.2, 0.25) is 5.02 Å². The molecule has 172 valence electrons. The Morgan fingerprint density at radius 3 is 2.70 bits per heavy atom. The summed E-state index contributed by atoms with van der Waals surface area (Å²) in [4.78, 5) is 29.0. The van der Waals surface area contributed by atoms with Crippen molar-refractivity contribution >= 4 is 39.9 Å². The van der Waals surface area contributed by atoms with Crippen molar-refractivity contribution in [3.63, 3.8) is 0 Å². The molecule has 0 fully saturated rings. The molecule has 0 radical (unpaired) electrons. The van der Waals surface area contributed by atoms with Crippen LogP contribution in [-0.4, -0.2) is 29.0 Å². The average molecular weight is 486 g/mol. The highest BCUT2D eigenvalue weighted by Crippen LogP contribution is 2.36. The monoisotopic (exact) mass is 485 g/mol. The third-order valence-electron chi connectivity index (χ3n) is 5.18. The van der Waals surface area contributed by atoms with E-state index in [2.05, 4.69) is 15.6 Å². The Labute approximate surface area is 201 Å². The Morgan fingerprint density at radius 2 is 1.97 bits per heavy atom. The molecule has 1 aliphatic heterocycles. The highest BCUT2D eigenvalue weighted by atomic mass is 35.5. The summed E-state index contributed by atoms with van der Waals surface area (Å²) in [5, 5.41) is 8.75. The first-order chi connectivity index (χ1) is 15.7. The average Bonchev–Trinajstić information content (AvgIpc) is 3.23. The van der Waals surface area contributed by atoms with E-state index in [0.29, 0.717) is 28.9 Å². The van der Waals surface area contributed by atoms with E-state index in [0.717, 1.165) is 22.6 Å². The Balaban J connectivity index is 1.48. The van der Waals surface area contributed by atoms with Crippen molar-refractivity contribution in [3.8, 4) is 22.8 Å². The van der Waals surface area contributed by atoms with Gasteiger partial charge in [0.05, 0.1) is 18.3 Å². The van der Waals surface area contributed by atoms with Gasteiger partial charge in [-0.3, -0.25) is 14.9 Å². The first kappa shape index (κ1) is 23.1. The van der Waals surface area contributed by atoms with Crippen molar-refractivity contribution in [2.24, 2.45) is 0 Å². The summed E-state index contributed by atoms with van der Waals surface area (Å²) in [5.74, 6) is 0.904. The molecule has 1 unspecified atom stereocenters. The molecule has 0 saturated carbocycles. The zero-order valence-electron chi connectivity index (χ0n) is 18.5. The molecular weight excluding hydrogens is 462 g/mol. The van der Waals surface area contributed by atoms with Crippen LogP contribution in [0, 0.1) is 0 Å². The summed E-state index contributed by atoms with van der Waals surface area (Å²) >= 11 is 7.24. The van der Waals surface area contributed by atoms with Crippen molar-refractivity contribution in [3.05, 3.63) is 58.4 Å². The van der Waals surface area contributed by atoms with Crippen molar-refractivity contribution in [1.82, 2.24) is 10.3 Å². The second-order valence-corrected chi connectivity index (χ2v) is 9.50. The molecular formula is C24H24ClN3O4S. The van der Waals surface area contributed by atoms with E-state index < -0.39 is 5.60 Å². The van der Waals surface area contributed by atoms with Gasteiger partial charge in [-0.05, 0) is 56.3 Å². The maximum Gasteiger partial charge on any atom is 0.269 e. The molecule has 2 N–H and O–H groups in total. The SMILES string of the molecule is CC(=O)NC1CCOc2ccc(-c3csc(NC(=O)C(C)(C)Oc4ccc(Cl)cc4)n3)cc21. The van der Waals surface area contributed by atoms with Gasteiger partial charge in [0, 0.05) is 34.9 Å². The maximum absolute atomic E-state index is 12.8. The van der Waals surface area contributed by atoms with Gasteiger partial charge in [-0.2, -0.15) is 0 Å². The minimum absolute atomic E-state index is 0.0830. The molecule has 33 heavy (non-hydrogen) atoms. The summed E-state index contributed by atoms with van der Waals surface area (Å²) in [6.07, 6.45) is 0.705. The first-order valence-electron chi connectivity index (χ1n) is 10.5. The number of aromatic nitrogens is 1. The summed E-state index contributed by atoms with van der Waals surface area (Å²) in [6.45, 7) is 5.44. The molecule has 9 heteroatoms. The number of hydrogen-bond acceptors (Lipinski definition) is 6. The molecule has 3 aromatic rings. The fourth-order valence-corrected chi connectivity index (χ4v) is 4.34. The van der Waals surface area contributed by atoms with Gasteiger partial charge >= 0.3 is 0 Å². The number of halogens is 1.